The lowest BCUT2D eigenvalue weighted by molar-refractivity contribution is 0.601. The number of rotatable bonds is 3. The zero-order valence-electron chi connectivity index (χ0n) is 10.9. The minimum atomic E-state index is -3.68. The van der Waals surface area contributed by atoms with Gasteiger partial charge < -0.3 is 5.32 Å². The van der Waals surface area contributed by atoms with Gasteiger partial charge in [0.1, 0.15) is 0 Å². The second-order valence-electron chi connectivity index (χ2n) is 4.76. The Morgan fingerprint density at radius 1 is 1.00 bits per heavy atom. The van der Waals surface area contributed by atoms with Crippen LogP contribution in [0.4, 0.5) is 5.69 Å². The van der Waals surface area contributed by atoms with Crippen LogP contribution < -0.4 is 10.0 Å². The Bertz CT molecular complexity index is 807. The summed E-state index contributed by atoms with van der Waals surface area (Å²) in [4.78, 5) is 0.218. The number of halogens is 2. The molecule has 3 rings (SSSR count). The van der Waals surface area contributed by atoms with Crippen LogP contribution in [0.15, 0.2) is 41.3 Å². The molecule has 1 heterocycles. The van der Waals surface area contributed by atoms with Gasteiger partial charge in [0.15, 0.2) is 0 Å². The third-order valence-corrected chi connectivity index (χ3v) is 5.21. The van der Waals surface area contributed by atoms with Gasteiger partial charge in [0.25, 0.3) is 10.0 Å². The molecule has 2 N–H and O–H groups in total. The summed E-state index contributed by atoms with van der Waals surface area (Å²) < 4.78 is 27.3. The van der Waals surface area contributed by atoms with E-state index >= 15 is 0 Å². The molecule has 0 spiro atoms. The monoisotopic (exact) mass is 342 g/mol. The molecule has 110 valence electrons. The molecule has 2 aromatic carbocycles. The summed E-state index contributed by atoms with van der Waals surface area (Å²) in [6.07, 6.45) is 0. The Morgan fingerprint density at radius 3 is 2.52 bits per heavy atom. The van der Waals surface area contributed by atoms with Crippen molar-refractivity contribution < 1.29 is 8.42 Å². The van der Waals surface area contributed by atoms with Crippen molar-refractivity contribution >= 4 is 38.9 Å². The van der Waals surface area contributed by atoms with Gasteiger partial charge in [0.2, 0.25) is 0 Å². The number of anilines is 1. The summed E-state index contributed by atoms with van der Waals surface area (Å²) in [6.45, 7) is 1.45. The van der Waals surface area contributed by atoms with Crippen LogP contribution in [0, 0.1) is 0 Å². The summed E-state index contributed by atoms with van der Waals surface area (Å²) in [6, 6.07) is 9.72. The fraction of sp³-hybridized carbons (Fsp3) is 0.143. The van der Waals surface area contributed by atoms with E-state index in [9.17, 15) is 8.42 Å². The first-order chi connectivity index (χ1) is 9.95. The molecular weight excluding hydrogens is 331 g/mol. The number of nitrogens with one attached hydrogen (secondary N) is 2. The number of hydrogen-bond acceptors (Lipinski definition) is 3. The van der Waals surface area contributed by atoms with Crippen molar-refractivity contribution in [2.75, 3.05) is 4.72 Å². The Morgan fingerprint density at radius 2 is 1.76 bits per heavy atom. The van der Waals surface area contributed by atoms with Gasteiger partial charge in [-0.3, -0.25) is 4.72 Å². The van der Waals surface area contributed by atoms with E-state index in [1.807, 2.05) is 6.07 Å². The molecule has 2 aromatic rings. The molecule has 21 heavy (non-hydrogen) atoms. The zero-order valence-corrected chi connectivity index (χ0v) is 13.2. The van der Waals surface area contributed by atoms with Crippen LogP contribution in [0.25, 0.3) is 0 Å². The smallest absolute Gasteiger partial charge is 0.261 e. The summed E-state index contributed by atoms with van der Waals surface area (Å²) in [5, 5.41) is 3.89. The standard InChI is InChI=1S/C14H12Cl2N2O2S/c15-11-2-4-14(13(16)6-11)18-21(19,20)12-3-1-9-7-17-8-10(9)5-12/h1-6,17-18H,7-8H2. The summed E-state index contributed by atoms with van der Waals surface area (Å²) in [5.41, 5.74) is 2.43. The molecule has 0 atom stereocenters. The average molecular weight is 343 g/mol. The van der Waals surface area contributed by atoms with Crippen LogP contribution in [0.1, 0.15) is 11.1 Å². The molecule has 7 heteroatoms. The SMILES string of the molecule is O=S(=O)(Nc1ccc(Cl)cc1Cl)c1ccc2c(c1)CNC2. The van der Waals surface area contributed by atoms with Gasteiger partial charge in [-0.1, -0.05) is 29.3 Å². The highest BCUT2D eigenvalue weighted by Gasteiger charge is 2.19. The Kier molecular flexibility index (Phi) is 3.84. The number of fused-ring (bicyclic) bond motifs is 1. The summed E-state index contributed by atoms with van der Waals surface area (Å²) in [7, 11) is -3.68. The number of sulfonamides is 1. The van der Waals surface area contributed by atoms with Gasteiger partial charge in [0, 0.05) is 18.1 Å². The molecule has 1 aliphatic heterocycles. The maximum Gasteiger partial charge on any atom is 0.261 e. The molecular formula is C14H12Cl2N2O2S. The van der Waals surface area contributed by atoms with E-state index in [1.165, 1.54) is 12.1 Å². The lowest BCUT2D eigenvalue weighted by Crippen LogP contribution is -2.13. The second-order valence-corrected chi connectivity index (χ2v) is 7.29. The zero-order chi connectivity index (χ0) is 15.0. The van der Waals surface area contributed by atoms with Crippen LogP contribution in [0.3, 0.4) is 0 Å². The van der Waals surface area contributed by atoms with Crippen molar-refractivity contribution in [3.8, 4) is 0 Å². The van der Waals surface area contributed by atoms with Crippen LogP contribution in [-0.4, -0.2) is 8.42 Å². The molecule has 1 aliphatic rings. The van der Waals surface area contributed by atoms with E-state index < -0.39 is 10.0 Å². The minimum Gasteiger partial charge on any atom is -0.309 e. The third-order valence-electron chi connectivity index (χ3n) is 3.29. The second kappa shape index (κ2) is 5.50. The first-order valence-corrected chi connectivity index (χ1v) is 8.50. The van der Waals surface area contributed by atoms with Crippen LogP contribution in [0.5, 0.6) is 0 Å². The van der Waals surface area contributed by atoms with Gasteiger partial charge >= 0.3 is 0 Å². The molecule has 0 saturated carbocycles. The fourth-order valence-electron chi connectivity index (χ4n) is 2.21. The van der Waals surface area contributed by atoms with Crippen molar-refractivity contribution in [1.82, 2.24) is 5.32 Å². The summed E-state index contributed by atoms with van der Waals surface area (Å²) in [5.74, 6) is 0. The quantitative estimate of drug-likeness (QED) is 0.898. The largest absolute Gasteiger partial charge is 0.309 e. The van der Waals surface area contributed by atoms with Crippen LogP contribution in [-0.2, 0) is 23.1 Å². The van der Waals surface area contributed by atoms with Crippen LogP contribution >= 0.6 is 23.2 Å². The molecule has 0 unspecified atom stereocenters. The molecule has 0 radical (unpaired) electrons. The van der Waals surface area contributed by atoms with Crippen molar-refractivity contribution in [3.05, 3.63) is 57.6 Å². The van der Waals surface area contributed by atoms with E-state index in [1.54, 1.807) is 18.2 Å². The van der Waals surface area contributed by atoms with Crippen LogP contribution in [0.2, 0.25) is 10.0 Å². The molecule has 4 nitrogen and oxygen atoms in total. The van der Waals surface area contributed by atoms with E-state index in [0.29, 0.717) is 17.3 Å². The Hall–Kier alpha value is -1.27. The van der Waals surface area contributed by atoms with Crippen molar-refractivity contribution in [2.24, 2.45) is 0 Å². The molecule has 0 amide bonds. The molecule has 0 fully saturated rings. The lowest BCUT2D eigenvalue weighted by Gasteiger charge is -2.11. The molecule has 0 aromatic heterocycles. The van der Waals surface area contributed by atoms with E-state index in [4.69, 9.17) is 23.2 Å². The van der Waals surface area contributed by atoms with Gasteiger partial charge in [-0.25, -0.2) is 8.42 Å². The van der Waals surface area contributed by atoms with Gasteiger partial charge in [-0.2, -0.15) is 0 Å². The maximum atomic E-state index is 12.4. The van der Waals surface area contributed by atoms with E-state index in [2.05, 4.69) is 10.0 Å². The Labute approximate surface area is 133 Å². The third kappa shape index (κ3) is 3.01. The topological polar surface area (TPSA) is 58.2 Å². The lowest BCUT2D eigenvalue weighted by atomic mass is 10.1. The highest BCUT2D eigenvalue weighted by atomic mass is 35.5. The van der Waals surface area contributed by atoms with E-state index in [0.717, 1.165) is 17.7 Å². The van der Waals surface area contributed by atoms with Gasteiger partial charge in [0.05, 0.1) is 15.6 Å². The highest BCUT2D eigenvalue weighted by Crippen LogP contribution is 2.28. The molecule has 0 aliphatic carbocycles. The highest BCUT2D eigenvalue weighted by molar-refractivity contribution is 7.92. The van der Waals surface area contributed by atoms with E-state index in [-0.39, 0.29) is 9.92 Å². The fourth-order valence-corrected chi connectivity index (χ4v) is 3.86. The maximum absolute atomic E-state index is 12.4. The first-order valence-electron chi connectivity index (χ1n) is 6.26. The van der Waals surface area contributed by atoms with Crippen molar-refractivity contribution in [1.29, 1.82) is 0 Å². The molecule has 0 bridgehead atoms. The first kappa shape index (κ1) is 14.7. The predicted molar refractivity (Wildman–Crippen MR) is 84.3 cm³/mol. The number of benzene rings is 2. The van der Waals surface area contributed by atoms with Crippen molar-refractivity contribution in [3.63, 3.8) is 0 Å². The minimum absolute atomic E-state index is 0.218. The molecule has 0 saturated heterocycles. The van der Waals surface area contributed by atoms with Gasteiger partial charge in [-0.15, -0.1) is 0 Å². The average Bonchev–Trinajstić information content (AvgIpc) is 2.89. The predicted octanol–water partition coefficient (Wildman–Crippen LogP) is 3.40. The summed E-state index contributed by atoms with van der Waals surface area (Å²) >= 11 is 11.8. The normalized spacial score (nSPS) is 14.0. The van der Waals surface area contributed by atoms with Crippen molar-refractivity contribution in [2.45, 2.75) is 18.0 Å². The van der Waals surface area contributed by atoms with Gasteiger partial charge in [-0.05, 0) is 41.5 Å². The Balaban J connectivity index is 1.93. The number of hydrogen-bond donors (Lipinski definition) is 2.